The highest BCUT2D eigenvalue weighted by molar-refractivity contribution is 5.60. The third-order valence-electron chi connectivity index (χ3n) is 2.33. The first-order valence-electron chi connectivity index (χ1n) is 5.84. The SMILES string of the molecule is CC.Cc1cncnc1N(C)c1ccccc1. The molecule has 3 nitrogen and oxygen atoms in total. The summed E-state index contributed by atoms with van der Waals surface area (Å²) in [6.45, 7) is 6.01. The van der Waals surface area contributed by atoms with Gasteiger partial charge >= 0.3 is 0 Å². The Morgan fingerprint density at radius 2 is 1.71 bits per heavy atom. The molecule has 0 saturated carbocycles. The minimum absolute atomic E-state index is 0.941. The fourth-order valence-corrected chi connectivity index (χ4v) is 1.52. The number of aryl methyl sites for hydroxylation is 1. The predicted molar refractivity (Wildman–Crippen MR) is 72.6 cm³/mol. The van der Waals surface area contributed by atoms with Gasteiger partial charge in [0.15, 0.2) is 0 Å². The van der Waals surface area contributed by atoms with Crippen molar-refractivity contribution in [1.82, 2.24) is 9.97 Å². The lowest BCUT2D eigenvalue weighted by atomic mass is 10.2. The molecule has 17 heavy (non-hydrogen) atoms. The van der Waals surface area contributed by atoms with Crippen molar-refractivity contribution >= 4 is 11.5 Å². The number of hydrogen-bond acceptors (Lipinski definition) is 3. The molecule has 0 spiro atoms. The topological polar surface area (TPSA) is 29.0 Å². The number of aromatic nitrogens is 2. The molecule has 0 N–H and O–H groups in total. The lowest BCUT2D eigenvalue weighted by Crippen LogP contribution is -2.12. The van der Waals surface area contributed by atoms with Crippen molar-refractivity contribution in [2.45, 2.75) is 20.8 Å². The average Bonchev–Trinajstić information content (AvgIpc) is 2.42. The van der Waals surface area contributed by atoms with Crippen molar-refractivity contribution < 1.29 is 0 Å². The molecule has 0 amide bonds. The summed E-state index contributed by atoms with van der Waals surface area (Å²) in [5, 5.41) is 0. The maximum atomic E-state index is 4.27. The summed E-state index contributed by atoms with van der Waals surface area (Å²) in [5.74, 6) is 0.941. The van der Waals surface area contributed by atoms with Crippen LogP contribution in [0, 0.1) is 6.92 Å². The van der Waals surface area contributed by atoms with Gasteiger partial charge in [-0.1, -0.05) is 32.0 Å². The quantitative estimate of drug-likeness (QED) is 0.788. The molecule has 0 saturated heterocycles. The monoisotopic (exact) mass is 229 g/mol. The highest BCUT2D eigenvalue weighted by atomic mass is 15.2. The first-order valence-corrected chi connectivity index (χ1v) is 5.84. The number of anilines is 2. The third-order valence-corrected chi connectivity index (χ3v) is 2.33. The van der Waals surface area contributed by atoms with Gasteiger partial charge in [0.05, 0.1) is 0 Å². The van der Waals surface area contributed by atoms with E-state index in [-0.39, 0.29) is 0 Å². The summed E-state index contributed by atoms with van der Waals surface area (Å²) in [5.41, 5.74) is 2.20. The Morgan fingerprint density at radius 3 is 2.29 bits per heavy atom. The maximum Gasteiger partial charge on any atom is 0.139 e. The number of rotatable bonds is 2. The molecule has 0 aliphatic heterocycles. The van der Waals surface area contributed by atoms with Gasteiger partial charge in [-0.05, 0) is 19.1 Å². The van der Waals surface area contributed by atoms with E-state index in [1.54, 1.807) is 6.33 Å². The second-order valence-corrected chi connectivity index (χ2v) is 3.42. The van der Waals surface area contributed by atoms with Gasteiger partial charge in [0.1, 0.15) is 12.1 Å². The molecule has 1 heterocycles. The molecule has 0 aliphatic carbocycles. The van der Waals surface area contributed by atoms with Crippen LogP contribution in [0.1, 0.15) is 19.4 Å². The van der Waals surface area contributed by atoms with Gasteiger partial charge in [-0.25, -0.2) is 9.97 Å². The van der Waals surface area contributed by atoms with Gasteiger partial charge < -0.3 is 4.90 Å². The Balaban J connectivity index is 0.000000686. The highest BCUT2D eigenvalue weighted by Gasteiger charge is 2.06. The Labute approximate surface area is 103 Å². The number of hydrogen-bond donors (Lipinski definition) is 0. The first-order chi connectivity index (χ1) is 8.29. The van der Waals surface area contributed by atoms with Gasteiger partial charge in [0.2, 0.25) is 0 Å². The Morgan fingerprint density at radius 1 is 1.06 bits per heavy atom. The zero-order valence-electron chi connectivity index (χ0n) is 10.9. The summed E-state index contributed by atoms with van der Waals surface area (Å²) >= 11 is 0. The van der Waals surface area contributed by atoms with Gasteiger partial charge in [-0.2, -0.15) is 0 Å². The van der Waals surface area contributed by atoms with Crippen LogP contribution in [0.4, 0.5) is 11.5 Å². The summed E-state index contributed by atoms with van der Waals surface area (Å²) in [6, 6.07) is 10.2. The van der Waals surface area contributed by atoms with Crippen LogP contribution in [0.5, 0.6) is 0 Å². The third kappa shape index (κ3) is 3.28. The fourth-order valence-electron chi connectivity index (χ4n) is 1.52. The van der Waals surface area contributed by atoms with Crippen molar-refractivity contribution in [3.8, 4) is 0 Å². The molecule has 2 rings (SSSR count). The van der Waals surface area contributed by atoms with Crippen molar-refractivity contribution in [3.63, 3.8) is 0 Å². The smallest absolute Gasteiger partial charge is 0.139 e. The van der Waals surface area contributed by atoms with E-state index >= 15 is 0 Å². The van der Waals surface area contributed by atoms with Crippen molar-refractivity contribution in [3.05, 3.63) is 48.4 Å². The van der Waals surface area contributed by atoms with E-state index in [9.17, 15) is 0 Å². The molecule has 0 atom stereocenters. The maximum absolute atomic E-state index is 4.27. The van der Waals surface area contributed by atoms with E-state index in [1.807, 2.05) is 52.2 Å². The van der Waals surface area contributed by atoms with E-state index < -0.39 is 0 Å². The zero-order chi connectivity index (χ0) is 12.7. The largest absolute Gasteiger partial charge is 0.329 e. The molecular weight excluding hydrogens is 210 g/mol. The van der Waals surface area contributed by atoms with Gasteiger partial charge in [0, 0.05) is 24.5 Å². The van der Waals surface area contributed by atoms with Crippen LogP contribution >= 0.6 is 0 Å². The number of nitrogens with zero attached hydrogens (tertiary/aromatic N) is 3. The lowest BCUT2D eigenvalue weighted by molar-refractivity contribution is 1.05. The molecule has 0 bridgehead atoms. The van der Waals surface area contributed by atoms with E-state index in [4.69, 9.17) is 0 Å². The van der Waals surface area contributed by atoms with Crippen LogP contribution in [0.3, 0.4) is 0 Å². The molecular formula is C14H19N3. The average molecular weight is 229 g/mol. The normalized spacial score (nSPS) is 9.18. The van der Waals surface area contributed by atoms with Crippen molar-refractivity contribution in [1.29, 1.82) is 0 Å². The number of para-hydroxylation sites is 1. The molecule has 0 fully saturated rings. The molecule has 3 heteroatoms. The van der Waals surface area contributed by atoms with Gasteiger partial charge in [0.25, 0.3) is 0 Å². The van der Waals surface area contributed by atoms with Crippen molar-refractivity contribution in [2.24, 2.45) is 0 Å². The van der Waals surface area contributed by atoms with Crippen LogP contribution in [0.15, 0.2) is 42.9 Å². The molecule has 90 valence electrons. The minimum atomic E-state index is 0.941. The molecule has 0 radical (unpaired) electrons. The van der Waals surface area contributed by atoms with Crippen LogP contribution in [0.25, 0.3) is 0 Å². The molecule has 0 unspecified atom stereocenters. The minimum Gasteiger partial charge on any atom is -0.329 e. The van der Waals surface area contributed by atoms with Crippen LogP contribution < -0.4 is 4.90 Å². The van der Waals surface area contributed by atoms with Crippen LogP contribution in [-0.4, -0.2) is 17.0 Å². The molecule has 1 aromatic carbocycles. The second-order valence-electron chi connectivity index (χ2n) is 3.42. The molecule has 1 aromatic heterocycles. The van der Waals surface area contributed by atoms with Gasteiger partial charge in [-0.3, -0.25) is 0 Å². The summed E-state index contributed by atoms with van der Waals surface area (Å²) in [6.07, 6.45) is 3.39. The summed E-state index contributed by atoms with van der Waals surface area (Å²) in [4.78, 5) is 10.3. The Bertz CT molecular complexity index is 440. The van der Waals surface area contributed by atoms with E-state index in [0.717, 1.165) is 17.1 Å². The van der Waals surface area contributed by atoms with E-state index in [2.05, 4.69) is 27.0 Å². The fraction of sp³-hybridized carbons (Fsp3) is 0.286. The van der Waals surface area contributed by atoms with Crippen LogP contribution in [0.2, 0.25) is 0 Å². The number of benzene rings is 1. The molecule has 0 aliphatic rings. The van der Waals surface area contributed by atoms with E-state index in [1.165, 1.54) is 0 Å². The van der Waals surface area contributed by atoms with Crippen LogP contribution in [-0.2, 0) is 0 Å². The molecule has 2 aromatic rings. The second kappa shape index (κ2) is 6.63. The highest BCUT2D eigenvalue weighted by Crippen LogP contribution is 2.22. The summed E-state index contributed by atoms with van der Waals surface area (Å²) < 4.78 is 0. The lowest BCUT2D eigenvalue weighted by Gasteiger charge is -2.19. The Hall–Kier alpha value is -1.90. The first kappa shape index (κ1) is 13.2. The van der Waals surface area contributed by atoms with Gasteiger partial charge in [-0.15, -0.1) is 0 Å². The van der Waals surface area contributed by atoms with E-state index in [0.29, 0.717) is 0 Å². The standard InChI is InChI=1S/C12H13N3.C2H6/c1-10-8-13-9-14-12(10)15(2)11-6-4-3-5-7-11;1-2/h3-9H,1-2H3;1-2H3. The van der Waals surface area contributed by atoms with Crippen molar-refractivity contribution in [2.75, 3.05) is 11.9 Å². The summed E-state index contributed by atoms with van der Waals surface area (Å²) in [7, 11) is 2.00. The Kier molecular flexibility index (Phi) is 5.14. The zero-order valence-corrected chi connectivity index (χ0v) is 10.9. The predicted octanol–water partition coefficient (Wildman–Crippen LogP) is 3.58.